The summed E-state index contributed by atoms with van der Waals surface area (Å²) < 4.78 is 37.7. The molecule has 7 heteroatoms. The smallest absolute Gasteiger partial charge is 0.383 e. The zero-order chi connectivity index (χ0) is 13.8. The van der Waals surface area contributed by atoms with Gasteiger partial charge in [-0.3, -0.25) is 4.79 Å². The number of hydrogen-bond donors (Lipinski definition) is 2. The van der Waals surface area contributed by atoms with Crippen LogP contribution in [0.1, 0.15) is 18.1 Å². The predicted octanol–water partition coefficient (Wildman–Crippen LogP) is 1.54. The van der Waals surface area contributed by atoms with Gasteiger partial charge in [-0.05, 0) is 13.0 Å². The van der Waals surface area contributed by atoms with Crippen LogP contribution in [0.2, 0.25) is 0 Å². The van der Waals surface area contributed by atoms with E-state index in [-0.39, 0.29) is 5.56 Å². The summed E-state index contributed by atoms with van der Waals surface area (Å²) in [7, 11) is 0. The number of halogens is 3. The largest absolute Gasteiger partial charge is 0.417 e. The van der Waals surface area contributed by atoms with Crippen LogP contribution in [0.3, 0.4) is 0 Å². The number of benzene rings is 1. The standard InChI is InChI=1S/C11H11F3N2O2/c1-7(17)10(18)16-15-6-8-4-2-3-5-9(8)11(12,13)14/h2-7,17H,1H3,(H,16,18)/b15-6-/t7-/m0/s1. The lowest BCUT2D eigenvalue weighted by atomic mass is 10.1. The van der Waals surface area contributed by atoms with E-state index in [9.17, 15) is 18.0 Å². The van der Waals surface area contributed by atoms with Crippen LogP contribution < -0.4 is 5.43 Å². The van der Waals surface area contributed by atoms with Crippen LogP contribution in [0, 0.1) is 0 Å². The van der Waals surface area contributed by atoms with Gasteiger partial charge in [0.25, 0.3) is 5.91 Å². The van der Waals surface area contributed by atoms with Crippen molar-refractivity contribution in [1.29, 1.82) is 0 Å². The Kier molecular flexibility index (Phi) is 4.43. The maximum Gasteiger partial charge on any atom is 0.417 e. The second kappa shape index (κ2) is 5.63. The third-order valence-electron chi connectivity index (χ3n) is 2.02. The van der Waals surface area contributed by atoms with Crippen LogP contribution in [0.15, 0.2) is 29.4 Å². The fraction of sp³-hybridized carbons (Fsp3) is 0.273. The molecule has 0 unspecified atom stereocenters. The molecule has 0 aliphatic heterocycles. The molecule has 0 saturated heterocycles. The Hall–Kier alpha value is -1.89. The summed E-state index contributed by atoms with van der Waals surface area (Å²) >= 11 is 0. The highest BCUT2D eigenvalue weighted by Crippen LogP contribution is 2.30. The molecule has 0 spiro atoms. The van der Waals surface area contributed by atoms with Crippen molar-refractivity contribution >= 4 is 12.1 Å². The zero-order valence-electron chi connectivity index (χ0n) is 9.40. The highest BCUT2D eigenvalue weighted by molar-refractivity contribution is 5.85. The average Bonchev–Trinajstić information content (AvgIpc) is 2.28. The minimum Gasteiger partial charge on any atom is -0.383 e. The number of rotatable bonds is 3. The van der Waals surface area contributed by atoms with Crippen molar-refractivity contribution in [1.82, 2.24) is 5.43 Å². The monoisotopic (exact) mass is 260 g/mol. The molecule has 98 valence electrons. The van der Waals surface area contributed by atoms with Crippen molar-refractivity contribution in [3.05, 3.63) is 35.4 Å². The Labute approximate surface area is 101 Å². The van der Waals surface area contributed by atoms with Gasteiger partial charge in [0.2, 0.25) is 0 Å². The lowest BCUT2D eigenvalue weighted by Crippen LogP contribution is -2.28. The predicted molar refractivity (Wildman–Crippen MR) is 58.9 cm³/mol. The van der Waals surface area contributed by atoms with E-state index in [0.717, 1.165) is 12.3 Å². The van der Waals surface area contributed by atoms with Gasteiger partial charge < -0.3 is 5.11 Å². The van der Waals surface area contributed by atoms with Crippen LogP contribution in [0.25, 0.3) is 0 Å². The van der Waals surface area contributed by atoms with Crippen LogP contribution >= 0.6 is 0 Å². The summed E-state index contributed by atoms with van der Waals surface area (Å²) in [6.07, 6.45) is -4.89. The van der Waals surface area contributed by atoms with Crippen molar-refractivity contribution in [2.24, 2.45) is 5.10 Å². The molecule has 0 aliphatic carbocycles. The molecule has 0 aliphatic rings. The van der Waals surface area contributed by atoms with Gasteiger partial charge in [0, 0.05) is 5.56 Å². The molecule has 1 atom stereocenters. The van der Waals surface area contributed by atoms with Crippen LogP contribution in [0.4, 0.5) is 13.2 Å². The minimum atomic E-state index is -4.49. The lowest BCUT2D eigenvalue weighted by Gasteiger charge is -2.09. The summed E-state index contributed by atoms with van der Waals surface area (Å²) in [4.78, 5) is 10.9. The number of amides is 1. The second-order valence-corrected chi connectivity index (χ2v) is 3.50. The summed E-state index contributed by atoms with van der Waals surface area (Å²) in [5.41, 5.74) is 0.905. The summed E-state index contributed by atoms with van der Waals surface area (Å²) in [5.74, 6) is -0.796. The minimum absolute atomic E-state index is 0.170. The van der Waals surface area contributed by atoms with Crippen molar-refractivity contribution in [3.63, 3.8) is 0 Å². The number of nitrogens with one attached hydrogen (secondary N) is 1. The molecule has 2 N–H and O–H groups in total. The van der Waals surface area contributed by atoms with Crippen LogP contribution in [-0.4, -0.2) is 23.3 Å². The fourth-order valence-electron chi connectivity index (χ4n) is 1.13. The van der Waals surface area contributed by atoms with Gasteiger partial charge >= 0.3 is 6.18 Å². The highest BCUT2D eigenvalue weighted by Gasteiger charge is 2.32. The molecular formula is C11H11F3N2O2. The van der Waals surface area contributed by atoms with Gasteiger partial charge in [0.15, 0.2) is 0 Å². The van der Waals surface area contributed by atoms with E-state index in [1.54, 1.807) is 0 Å². The van der Waals surface area contributed by atoms with E-state index < -0.39 is 23.8 Å². The first-order valence-corrected chi connectivity index (χ1v) is 4.99. The van der Waals surface area contributed by atoms with Crippen molar-refractivity contribution in [2.75, 3.05) is 0 Å². The molecular weight excluding hydrogens is 249 g/mol. The molecule has 1 aromatic rings. The molecule has 1 rings (SSSR count). The molecule has 0 bridgehead atoms. The number of hydrazone groups is 1. The van der Waals surface area contributed by atoms with E-state index in [2.05, 4.69) is 5.10 Å². The molecule has 0 aromatic heterocycles. The lowest BCUT2D eigenvalue weighted by molar-refractivity contribution is -0.137. The first kappa shape index (κ1) is 14.2. The molecule has 0 heterocycles. The number of alkyl halides is 3. The average molecular weight is 260 g/mol. The number of nitrogens with zero attached hydrogens (tertiary/aromatic N) is 1. The number of hydrogen-bond acceptors (Lipinski definition) is 3. The summed E-state index contributed by atoms with van der Waals surface area (Å²) in [5, 5.41) is 12.2. The summed E-state index contributed by atoms with van der Waals surface area (Å²) in [6, 6.07) is 4.82. The number of carbonyl (C=O) groups excluding carboxylic acids is 1. The molecule has 0 fully saturated rings. The van der Waals surface area contributed by atoms with Gasteiger partial charge in [-0.15, -0.1) is 0 Å². The topological polar surface area (TPSA) is 61.7 Å². The normalized spacial score (nSPS) is 13.6. The van der Waals surface area contributed by atoms with Crippen LogP contribution in [-0.2, 0) is 11.0 Å². The Balaban J connectivity index is 2.85. The maximum absolute atomic E-state index is 12.6. The molecule has 0 saturated carbocycles. The first-order chi connectivity index (χ1) is 8.32. The van der Waals surface area contributed by atoms with Gasteiger partial charge in [-0.2, -0.15) is 18.3 Å². The quantitative estimate of drug-likeness (QED) is 0.639. The summed E-state index contributed by atoms with van der Waals surface area (Å²) in [6.45, 7) is 1.22. The third kappa shape index (κ3) is 3.85. The molecule has 4 nitrogen and oxygen atoms in total. The van der Waals surface area contributed by atoms with E-state index in [0.29, 0.717) is 0 Å². The van der Waals surface area contributed by atoms with Gasteiger partial charge in [0.05, 0.1) is 11.8 Å². The number of aliphatic hydroxyl groups is 1. The van der Waals surface area contributed by atoms with E-state index in [4.69, 9.17) is 5.11 Å². The molecule has 18 heavy (non-hydrogen) atoms. The number of carbonyl (C=O) groups is 1. The molecule has 0 radical (unpaired) electrons. The van der Waals surface area contributed by atoms with Crippen molar-refractivity contribution in [3.8, 4) is 0 Å². The van der Waals surface area contributed by atoms with Crippen LogP contribution in [0.5, 0.6) is 0 Å². The fourth-order valence-corrected chi connectivity index (χ4v) is 1.13. The molecule has 1 amide bonds. The van der Waals surface area contributed by atoms with E-state index in [1.807, 2.05) is 5.43 Å². The Morgan fingerprint density at radius 1 is 1.44 bits per heavy atom. The first-order valence-electron chi connectivity index (χ1n) is 4.99. The van der Waals surface area contributed by atoms with Gasteiger partial charge in [0.1, 0.15) is 6.10 Å². The Morgan fingerprint density at radius 2 is 2.06 bits per heavy atom. The van der Waals surface area contributed by atoms with Gasteiger partial charge in [-0.25, -0.2) is 5.43 Å². The van der Waals surface area contributed by atoms with Gasteiger partial charge in [-0.1, -0.05) is 18.2 Å². The third-order valence-corrected chi connectivity index (χ3v) is 2.02. The number of aliphatic hydroxyl groups excluding tert-OH is 1. The maximum atomic E-state index is 12.6. The Morgan fingerprint density at radius 3 is 2.61 bits per heavy atom. The zero-order valence-corrected chi connectivity index (χ0v) is 9.40. The SMILES string of the molecule is C[C@H](O)C(=O)N/N=C\c1ccccc1C(F)(F)F. The Bertz CT molecular complexity index is 456. The van der Waals surface area contributed by atoms with Crippen molar-refractivity contribution in [2.45, 2.75) is 19.2 Å². The van der Waals surface area contributed by atoms with Crippen molar-refractivity contribution < 1.29 is 23.1 Å². The second-order valence-electron chi connectivity index (χ2n) is 3.50. The van der Waals surface area contributed by atoms with E-state index in [1.165, 1.54) is 25.1 Å². The van der Waals surface area contributed by atoms with E-state index >= 15 is 0 Å². The molecule has 1 aromatic carbocycles. The highest BCUT2D eigenvalue weighted by atomic mass is 19.4.